The summed E-state index contributed by atoms with van der Waals surface area (Å²) >= 11 is 0. The lowest BCUT2D eigenvalue weighted by Crippen LogP contribution is -1.73. The topological polar surface area (TPSA) is 53.4 Å². The van der Waals surface area contributed by atoms with Gasteiger partial charge in [-0.2, -0.15) is 0 Å². The Morgan fingerprint density at radius 2 is 1.22 bits per heavy atom. The van der Waals surface area contributed by atoms with E-state index in [1.54, 1.807) is 0 Å². The van der Waals surface area contributed by atoms with Crippen molar-refractivity contribution >= 4 is 10.9 Å². The number of fused-ring (bicyclic) bond motifs is 1. The summed E-state index contributed by atoms with van der Waals surface area (Å²) in [6.45, 7) is 0. The van der Waals surface area contributed by atoms with Gasteiger partial charge >= 0.3 is 0 Å². The molecule has 0 saturated carbocycles. The maximum absolute atomic E-state index is 8.65. The van der Waals surface area contributed by atoms with Crippen LogP contribution in [0.3, 0.4) is 0 Å². The molecule has 0 atom stereocenters. The molecule has 2 N–H and O–H groups in total. The zero-order valence-electron chi connectivity index (χ0n) is 9.69. The molecule has 0 aliphatic heterocycles. The number of phenols is 2. The van der Waals surface area contributed by atoms with Gasteiger partial charge in [-0.15, -0.1) is 0 Å². The van der Waals surface area contributed by atoms with Crippen molar-refractivity contribution in [2.75, 3.05) is 0 Å². The second-order valence-electron chi connectivity index (χ2n) is 3.71. The number of hydrogen-bond donors (Lipinski definition) is 2. The van der Waals surface area contributed by atoms with Crippen LogP contribution in [0.15, 0.2) is 66.9 Å². The second-order valence-corrected chi connectivity index (χ2v) is 3.71. The lowest BCUT2D eigenvalue weighted by molar-refractivity contribution is 0.460. The van der Waals surface area contributed by atoms with Crippen molar-refractivity contribution in [3.8, 4) is 11.5 Å². The average molecular weight is 239 g/mol. The molecule has 0 amide bonds. The fraction of sp³-hybridized carbons (Fsp3) is 0. The first-order valence-electron chi connectivity index (χ1n) is 5.53. The van der Waals surface area contributed by atoms with Gasteiger partial charge in [0.15, 0.2) is 0 Å². The van der Waals surface area contributed by atoms with Gasteiger partial charge in [0.1, 0.15) is 11.5 Å². The molecule has 2 aromatic carbocycles. The molecule has 0 saturated heterocycles. The quantitative estimate of drug-likeness (QED) is 0.591. The highest BCUT2D eigenvalue weighted by Gasteiger charge is 1.86. The standard InChI is InChI=1S/C9H7N.C6H6O2/c1-2-6-9-8(4-1)5-3-7-10-9;7-5-1-2-6(8)4-3-5/h1-7H;1-4,7-8H. The minimum atomic E-state index is 0.169. The molecule has 0 fully saturated rings. The highest BCUT2D eigenvalue weighted by atomic mass is 16.3. The molecular formula is C15H13NO2. The van der Waals surface area contributed by atoms with Crippen LogP contribution in [-0.4, -0.2) is 15.2 Å². The SMILES string of the molecule is Oc1ccc(O)cc1.c1ccc2ncccc2c1. The van der Waals surface area contributed by atoms with Crippen LogP contribution >= 0.6 is 0 Å². The van der Waals surface area contributed by atoms with Gasteiger partial charge in [-0.3, -0.25) is 4.98 Å². The predicted octanol–water partition coefficient (Wildman–Crippen LogP) is 3.33. The molecule has 1 aromatic heterocycles. The lowest BCUT2D eigenvalue weighted by atomic mass is 10.2. The number of phenolic OH excluding ortho intramolecular Hbond substituents is 2. The Morgan fingerprint density at radius 3 is 1.83 bits per heavy atom. The molecule has 18 heavy (non-hydrogen) atoms. The normalized spacial score (nSPS) is 9.56. The third-order valence-electron chi connectivity index (χ3n) is 2.36. The molecule has 3 heteroatoms. The van der Waals surface area contributed by atoms with Gasteiger partial charge in [0.05, 0.1) is 5.52 Å². The van der Waals surface area contributed by atoms with E-state index >= 15 is 0 Å². The number of pyridine rings is 1. The van der Waals surface area contributed by atoms with Crippen molar-refractivity contribution in [2.24, 2.45) is 0 Å². The van der Waals surface area contributed by atoms with E-state index in [1.165, 1.54) is 29.7 Å². The van der Waals surface area contributed by atoms with Gasteiger partial charge < -0.3 is 10.2 Å². The fourth-order valence-corrected chi connectivity index (χ4v) is 1.47. The Kier molecular flexibility index (Phi) is 3.76. The van der Waals surface area contributed by atoms with Crippen LogP contribution in [0.4, 0.5) is 0 Å². The van der Waals surface area contributed by atoms with Crippen LogP contribution in [0.5, 0.6) is 11.5 Å². The molecule has 0 radical (unpaired) electrons. The zero-order chi connectivity index (χ0) is 12.8. The molecule has 0 aliphatic rings. The van der Waals surface area contributed by atoms with E-state index in [0.29, 0.717) is 0 Å². The molecule has 0 spiro atoms. The molecule has 0 unspecified atom stereocenters. The Bertz CT molecular complexity index is 534. The van der Waals surface area contributed by atoms with Crippen LogP contribution in [0, 0.1) is 0 Å². The van der Waals surface area contributed by atoms with Gasteiger partial charge in [-0.1, -0.05) is 24.3 Å². The highest BCUT2D eigenvalue weighted by molar-refractivity contribution is 5.77. The van der Waals surface area contributed by atoms with Crippen LogP contribution in [0.2, 0.25) is 0 Å². The third kappa shape index (κ3) is 3.22. The van der Waals surface area contributed by atoms with E-state index in [9.17, 15) is 0 Å². The Balaban J connectivity index is 0.000000138. The van der Waals surface area contributed by atoms with E-state index in [0.717, 1.165) is 5.52 Å². The predicted molar refractivity (Wildman–Crippen MR) is 71.5 cm³/mol. The molecule has 1 heterocycles. The summed E-state index contributed by atoms with van der Waals surface area (Å²) in [7, 11) is 0. The number of rotatable bonds is 0. The average Bonchev–Trinajstić information content (AvgIpc) is 2.43. The monoisotopic (exact) mass is 239 g/mol. The van der Waals surface area contributed by atoms with Crippen LogP contribution in [0.25, 0.3) is 10.9 Å². The van der Waals surface area contributed by atoms with Crippen molar-refractivity contribution in [3.63, 3.8) is 0 Å². The minimum Gasteiger partial charge on any atom is -0.508 e. The summed E-state index contributed by atoms with van der Waals surface area (Å²) < 4.78 is 0. The first kappa shape index (κ1) is 11.9. The highest BCUT2D eigenvalue weighted by Crippen LogP contribution is 2.13. The summed E-state index contributed by atoms with van der Waals surface area (Å²) in [5.74, 6) is 0.339. The number of nitrogens with zero attached hydrogens (tertiary/aromatic N) is 1. The number of aromatic nitrogens is 1. The van der Waals surface area contributed by atoms with Gasteiger partial charge in [0.25, 0.3) is 0 Å². The van der Waals surface area contributed by atoms with Crippen molar-refractivity contribution in [2.45, 2.75) is 0 Å². The smallest absolute Gasteiger partial charge is 0.115 e. The van der Waals surface area contributed by atoms with E-state index in [-0.39, 0.29) is 11.5 Å². The van der Waals surface area contributed by atoms with Gasteiger partial charge in [-0.25, -0.2) is 0 Å². The van der Waals surface area contributed by atoms with Crippen molar-refractivity contribution in [1.29, 1.82) is 0 Å². The number of aromatic hydroxyl groups is 2. The molecular weight excluding hydrogens is 226 g/mol. The summed E-state index contributed by atoms with van der Waals surface area (Å²) in [5.41, 5.74) is 1.06. The lowest BCUT2D eigenvalue weighted by Gasteiger charge is -1.91. The summed E-state index contributed by atoms with van der Waals surface area (Å²) in [5, 5.41) is 18.5. The fourth-order valence-electron chi connectivity index (χ4n) is 1.47. The van der Waals surface area contributed by atoms with Crippen LogP contribution in [-0.2, 0) is 0 Å². The van der Waals surface area contributed by atoms with Crippen LogP contribution < -0.4 is 0 Å². The molecule has 90 valence electrons. The summed E-state index contributed by atoms with van der Waals surface area (Å²) in [6.07, 6.45) is 1.81. The molecule has 0 aliphatic carbocycles. The molecule has 3 nitrogen and oxygen atoms in total. The van der Waals surface area contributed by atoms with Crippen molar-refractivity contribution < 1.29 is 10.2 Å². The van der Waals surface area contributed by atoms with E-state index in [1.807, 2.05) is 30.5 Å². The van der Waals surface area contributed by atoms with Gasteiger partial charge in [0.2, 0.25) is 0 Å². The molecule has 0 bridgehead atoms. The minimum absolute atomic E-state index is 0.169. The van der Waals surface area contributed by atoms with E-state index in [4.69, 9.17) is 10.2 Å². The Labute approximate surface area is 105 Å². The van der Waals surface area contributed by atoms with Crippen LogP contribution in [0.1, 0.15) is 0 Å². The van der Waals surface area contributed by atoms with E-state index < -0.39 is 0 Å². The second kappa shape index (κ2) is 5.68. The first-order valence-corrected chi connectivity index (χ1v) is 5.53. The third-order valence-corrected chi connectivity index (χ3v) is 2.36. The Morgan fingerprint density at radius 1 is 0.667 bits per heavy atom. The largest absolute Gasteiger partial charge is 0.508 e. The van der Waals surface area contributed by atoms with Gasteiger partial charge in [-0.05, 0) is 36.4 Å². The van der Waals surface area contributed by atoms with Crippen molar-refractivity contribution in [1.82, 2.24) is 4.98 Å². The molecule has 3 aromatic rings. The van der Waals surface area contributed by atoms with Gasteiger partial charge in [0, 0.05) is 11.6 Å². The Hall–Kier alpha value is -2.55. The number of hydrogen-bond acceptors (Lipinski definition) is 3. The maximum Gasteiger partial charge on any atom is 0.115 e. The summed E-state index contributed by atoms with van der Waals surface area (Å²) in [4.78, 5) is 4.18. The summed E-state index contributed by atoms with van der Waals surface area (Å²) in [6, 6.07) is 17.8. The number of benzene rings is 2. The van der Waals surface area contributed by atoms with Crippen molar-refractivity contribution in [3.05, 3.63) is 66.9 Å². The number of para-hydroxylation sites is 1. The first-order chi connectivity index (χ1) is 8.75. The maximum atomic E-state index is 8.65. The van der Waals surface area contributed by atoms with E-state index in [2.05, 4.69) is 17.1 Å². The molecule has 3 rings (SSSR count). The zero-order valence-corrected chi connectivity index (χ0v) is 9.69.